The van der Waals surface area contributed by atoms with Gasteiger partial charge < -0.3 is 9.64 Å². The zero-order valence-corrected chi connectivity index (χ0v) is 17.8. The van der Waals surface area contributed by atoms with Crippen LogP contribution in [-0.2, 0) is 10.9 Å². The van der Waals surface area contributed by atoms with Gasteiger partial charge in [0.15, 0.2) is 5.82 Å². The van der Waals surface area contributed by atoms with Crippen LogP contribution in [0.25, 0.3) is 16.4 Å². The van der Waals surface area contributed by atoms with E-state index in [0.29, 0.717) is 30.3 Å². The molecule has 0 aliphatic carbocycles. The molecule has 0 saturated carbocycles. The fraction of sp³-hybridized carbons (Fsp3) is 0.381. The number of thiophene rings is 1. The number of hydrogen-bond donors (Lipinski definition) is 0. The van der Waals surface area contributed by atoms with Crippen LogP contribution in [0.1, 0.15) is 36.5 Å². The van der Waals surface area contributed by atoms with Crippen LogP contribution < -0.4 is 0 Å². The molecule has 10 heteroatoms. The number of hydrogen-bond acceptors (Lipinski definition) is 5. The second-order valence-electron chi connectivity index (χ2n) is 7.36. The summed E-state index contributed by atoms with van der Waals surface area (Å²) in [6.07, 6.45) is -3.89. The third kappa shape index (κ3) is 4.35. The highest BCUT2D eigenvalue weighted by Crippen LogP contribution is 2.32. The molecule has 1 aromatic carbocycles. The number of aromatic nitrogens is 3. The average Bonchev–Trinajstić information content (AvgIpc) is 3.42. The predicted octanol–water partition coefficient (Wildman–Crippen LogP) is 4.65. The zero-order valence-electron chi connectivity index (χ0n) is 17.0. The number of carbonyl (C=O) groups is 1. The lowest BCUT2D eigenvalue weighted by atomic mass is 10.1. The largest absolute Gasteiger partial charge is 0.416 e. The second kappa shape index (κ2) is 8.43. The Balaban J connectivity index is 1.78. The minimum absolute atomic E-state index is 0.0478. The molecule has 2 atom stereocenters. The van der Waals surface area contributed by atoms with Crippen molar-refractivity contribution in [1.82, 2.24) is 19.7 Å². The smallest absolute Gasteiger partial charge is 0.375 e. The molecule has 0 radical (unpaired) electrons. The molecule has 2 aromatic heterocycles. The molecule has 1 amide bonds. The SMILES string of the molecule is CCC1COC(C)CN1C(=O)c1nc(-c2cccs2)n(-c2cccc(C(F)(F)F)c2)n1. The monoisotopic (exact) mass is 450 g/mol. The van der Waals surface area contributed by atoms with Crippen molar-refractivity contribution < 1.29 is 22.7 Å². The number of halogens is 3. The van der Waals surface area contributed by atoms with E-state index in [1.165, 1.54) is 28.2 Å². The van der Waals surface area contributed by atoms with Crippen LogP contribution in [0.4, 0.5) is 13.2 Å². The van der Waals surface area contributed by atoms with Crippen LogP contribution >= 0.6 is 11.3 Å². The first-order chi connectivity index (χ1) is 14.8. The average molecular weight is 450 g/mol. The van der Waals surface area contributed by atoms with E-state index in [2.05, 4.69) is 10.1 Å². The summed E-state index contributed by atoms with van der Waals surface area (Å²) in [5.74, 6) is -0.0778. The first-order valence-corrected chi connectivity index (χ1v) is 10.8. The highest BCUT2D eigenvalue weighted by atomic mass is 32.1. The molecular formula is C21H21F3N4O2S. The lowest BCUT2D eigenvalue weighted by Gasteiger charge is -2.37. The summed E-state index contributed by atoms with van der Waals surface area (Å²) in [4.78, 5) is 20.1. The van der Waals surface area contributed by atoms with E-state index in [0.717, 1.165) is 12.1 Å². The van der Waals surface area contributed by atoms with Crippen LogP contribution in [-0.4, -0.2) is 50.9 Å². The molecule has 2 unspecified atom stereocenters. The molecular weight excluding hydrogens is 429 g/mol. The van der Waals surface area contributed by atoms with E-state index in [-0.39, 0.29) is 29.6 Å². The van der Waals surface area contributed by atoms with Crippen LogP contribution in [0.5, 0.6) is 0 Å². The van der Waals surface area contributed by atoms with Gasteiger partial charge in [0, 0.05) is 6.54 Å². The summed E-state index contributed by atoms with van der Waals surface area (Å²) < 4.78 is 46.7. The van der Waals surface area contributed by atoms with E-state index in [9.17, 15) is 18.0 Å². The van der Waals surface area contributed by atoms with Crippen LogP contribution in [0.2, 0.25) is 0 Å². The first kappa shape index (κ1) is 21.5. The molecule has 4 rings (SSSR count). The Kier molecular flexibility index (Phi) is 5.85. The molecule has 164 valence electrons. The molecule has 3 aromatic rings. The van der Waals surface area contributed by atoms with Gasteiger partial charge in [0.05, 0.1) is 34.9 Å². The van der Waals surface area contributed by atoms with Gasteiger partial charge in [0.1, 0.15) is 0 Å². The summed E-state index contributed by atoms with van der Waals surface area (Å²) in [6, 6.07) is 8.33. The molecule has 3 heterocycles. The summed E-state index contributed by atoms with van der Waals surface area (Å²) >= 11 is 1.37. The quantitative estimate of drug-likeness (QED) is 0.580. The van der Waals surface area contributed by atoms with Gasteiger partial charge in [-0.05, 0) is 43.0 Å². The van der Waals surface area contributed by atoms with Gasteiger partial charge >= 0.3 is 6.18 Å². The van der Waals surface area contributed by atoms with Gasteiger partial charge in [-0.1, -0.05) is 19.1 Å². The molecule has 31 heavy (non-hydrogen) atoms. The van der Waals surface area contributed by atoms with Crippen LogP contribution in [0.15, 0.2) is 41.8 Å². The van der Waals surface area contributed by atoms with E-state index in [1.54, 1.807) is 11.0 Å². The van der Waals surface area contributed by atoms with E-state index in [1.807, 2.05) is 25.3 Å². The van der Waals surface area contributed by atoms with Crippen molar-refractivity contribution in [2.24, 2.45) is 0 Å². The molecule has 1 fully saturated rings. The minimum Gasteiger partial charge on any atom is -0.375 e. The lowest BCUT2D eigenvalue weighted by molar-refractivity contribution is -0.137. The fourth-order valence-electron chi connectivity index (χ4n) is 3.52. The number of rotatable bonds is 4. The third-order valence-electron chi connectivity index (χ3n) is 5.16. The molecule has 0 bridgehead atoms. The Morgan fingerprint density at radius 1 is 1.29 bits per heavy atom. The van der Waals surface area contributed by atoms with Gasteiger partial charge in [0.2, 0.25) is 5.82 Å². The van der Waals surface area contributed by atoms with Crippen molar-refractivity contribution in [1.29, 1.82) is 0 Å². The molecule has 1 saturated heterocycles. The Morgan fingerprint density at radius 2 is 2.10 bits per heavy atom. The molecule has 6 nitrogen and oxygen atoms in total. The van der Waals surface area contributed by atoms with Gasteiger partial charge in [-0.25, -0.2) is 9.67 Å². The maximum absolute atomic E-state index is 13.3. The van der Waals surface area contributed by atoms with Gasteiger partial charge in [-0.2, -0.15) is 13.2 Å². The summed E-state index contributed by atoms with van der Waals surface area (Å²) in [7, 11) is 0. The molecule has 0 spiro atoms. The standard InChI is InChI=1S/C21H21F3N4O2S/c1-3-15-12-30-13(2)11-27(15)20(29)18-25-19(17-8-5-9-31-17)28(26-18)16-7-4-6-14(10-16)21(22,23)24/h4-10,13,15H,3,11-12H2,1-2H3. The van der Waals surface area contributed by atoms with Crippen molar-refractivity contribution in [2.45, 2.75) is 38.6 Å². The van der Waals surface area contributed by atoms with E-state index >= 15 is 0 Å². The number of ether oxygens (including phenoxy) is 1. The number of carbonyl (C=O) groups excluding carboxylic acids is 1. The van der Waals surface area contributed by atoms with E-state index in [4.69, 9.17) is 4.74 Å². The lowest BCUT2D eigenvalue weighted by Crippen LogP contribution is -2.51. The predicted molar refractivity (Wildman–Crippen MR) is 110 cm³/mol. The highest BCUT2D eigenvalue weighted by molar-refractivity contribution is 7.13. The van der Waals surface area contributed by atoms with Gasteiger partial charge in [-0.15, -0.1) is 16.4 Å². The van der Waals surface area contributed by atoms with Gasteiger partial charge in [-0.3, -0.25) is 4.79 Å². The minimum atomic E-state index is -4.49. The van der Waals surface area contributed by atoms with Gasteiger partial charge in [0.25, 0.3) is 5.91 Å². The Morgan fingerprint density at radius 3 is 2.77 bits per heavy atom. The second-order valence-corrected chi connectivity index (χ2v) is 8.31. The first-order valence-electron chi connectivity index (χ1n) is 9.89. The van der Waals surface area contributed by atoms with Crippen molar-refractivity contribution >= 4 is 17.2 Å². The molecule has 1 aliphatic heterocycles. The van der Waals surface area contributed by atoms with Crippen molar-refractivity contribution in [3.05, 3.63) is 53.2 Å². The number of nitrogens with zero attached hydrogens (tertiary/aromatic N) is 4. The number of benzene rings is 1. The third-order valence-corrected chi connectivity index (χ3v) is 6.02. The number of alkyl halides is 3. The van der Waals surface area contributed by atoms with Crippen molar-refractivity contribution in [2.75, 3.05) is 13.2 Å². The normalized spacial score (nSPS) is 19.6. The summed E-state index contributed by atoms with van der Waals surface area (Å²) in [5, 5.41) is 6.17. The maximum Gasteiger partial charge on any atom is 0.416 e. The van der Waals surface area contributed by atoms with Crippen LogP contribution in [0.3, 0.4) is 0 Å². The molecule has 1 aliphatic rings. The van der Waals surface area contributed by atoms with Crippen molar-refractivity contribution in [3.8, 4) is 16.4 Å². The topological polar surface area (TPSA) is 60.2 Å². The Bertz CT molecular complexity index is 1070. The van der Waals surface area contributed by atoms with Crippen LogP contribution in [0, 0.1) is 0 Å². The molecule has 0 N–H and O–H groups in total. The number of morpholine rings is 1. The Hall–Kier alpha value is -2.72. The van der Waals surface area contributed by atoms with Crippen molar-refractivity contribution in [3.63, 3.8) is 0 Å². The maximum atomic E-state index is 13.3. The fourth-order valence-corrected chi connectivity index (χ4v) is 4.22. The highest BCUT2D eigenvalue weighted by Gasteiger charge is 2.34. The summed E-state index contributed by atoms with van der Waals surface area (Å²) in [6.45, 7) is 4.69. The Labute approximate surface area is 181 Å². The summed E-state index contributed by atoms with van der Waals surface area (Å²) in [5.41, 5.74) is -0.606. The van der Waals surface area contributed by atoms with E-state index < -0.39 is 11.7 Å². The number of amides is 1. The zero-order chi connectivity index (χ0) is 22.2.